The lowest BCUT2D eigenvalue weighted by molar-refractivity contribution is 0.116. The first-order valence-corrected chi connectivity index (χ1v) is 6.46. The van der Waals surface area contributed by atoms with Gasteiger partial charge in [-0.1, -0.05) is 23.4 Å². The van der Waals surface area contributed by atoms with Gasteiger partial charge in [-0.2, -0.15) is 4.98 Å². The molecular formula is C14H17N3O2. The van der Waals surface area contributed by atoms with Crippen LogP contribution in [0.2, 0.25) is 0 Å². The first-order valence-electron chi connectivity index (χ1n) is 6.46. The average molecular weight is 259 g/mol. The first-order chi connectivity index (χ1) is 9.26. The summed E-state index contributed by atoms with van der Waals surface area (Å²) >= 11 is 0. The molecule has 0 bridgehead atoms. The van der Waals surface area contributed by atoms with E-state index in [1.807, 2.05) is 19.1 Å². The molecule has 100 valence electrons. The standard InChI is InChI=1S/C14H17N3O2/c1-9(18-2)7-13-16-14(19-17-13)12-8-10-5-3-4-6-11(10)15-12/h3-6,9,12,15H,7-8H2,1-2H3/t9?,12-/m0/s1. The van der Waals surface area contributed by atoms with Gasteiger partial charge in [0.05, 0.1) is 6.10 Å². The Hall–Kier alpha value is -1.88. The second-order valence-corrected chi connectivity index (χ2v) is 4.86. The fraction of sp³-hybridized carbons (Fsp3) is 0.429. The van der Waals surface area contributed by atoms with Crippen LogP contribution in [-0.2, 0) is 17.6 Å². The van der Waals surface area contributed by atoms with Crippen molar-refractivity contribution in [2.45, 2.75) is 31.9 Å². The van der Waals surface area contributed by atoms with Gasteiger partial charge in [0.2, 0.25) is 5.89 Å². The SMILES string of the molecule is COC(C)Cc1noc([C@@H]2Cc3ccccc3N2)n1. The molecule has 0 aliphatic carbocycles. The van der Waals surface area contributed by atoms with Crippen molar-refractivity contribution < 1.29 is 9.26 Å². The van der Waals surface area contributed by atoms with Gasteiger partial charge < -0.3 is 14.6 Å². The highest BCUT2D eigenvalue weighted by Crippen LogP contribution is 2.33. The van der Waals surface area contributed by atoms with Gasteiger partial charge in [0.25, 0.3) is 0 Å². The maximum absolute atomic E-state index is 5.35. The molecule has 0 spiro atoms. The molecule has 3 rings (SSSR count). The van der Waals surface area contributed by atoms with E-state index in [0.29, 0.717) is 18.1 Å². The topological polar surface area (TPSA) is 60.2 Å². The lowest BCUT2D eigenvalue weighted by Gasteiger charge is -2.05. The van der Waals surface area contributed by atoms with Crippen molar-refractivity contribution >= 4 is 5.69 Å². The molecule has 1 aromatic carbocycles. The summed E-state index contributed by atoms with van der Waals surface area (Å²) in [5.41, 5.74) is 2.44. The molecule has 2 heterocycles. The quantitative estimate of drug-likeness (QED) is 0.913. The van der Waals surface area contributed by atoms with Crippen LogP contribution < -0.4 is 5.32 Å². The number of methoxy groups -OCH3 is 1. The summed E-state index contributed by atoms with van der Waals surface area (Å²) in [7, 11) is 1.68. The third-order valence-electron chi connectivity index (χ3n) is 3.43. The number of rotatable bonds is 4. The van der Waals surface area contributed by atoms with Crippen LogP contribution in [0.1, 0.15) is 30.2 Å². The van der Waals surface area contributed by atoms with Gasteiger partial charge in [-0.25, -0.2) is 0 Å². The van der Waals surface area contributed by atoms with Crippen molar-refractivity contribution in [2.75, 3.05) is 12.4 Å². The number of benzene rings is 1. The number of nitrogens with zero attached hydrogens (tertiary/aromatic N) is 2. The van der Waals surface area contributed by atoms with Crippen LogP contribution >= 0.6 is 0 Å². The predicted molar refractivity (Wildman–Crippen MR) is 71.0 cm³/mol. The normalized spacial score (nSPS) is 18.9. The molecule has 1 N–H and O–H groups in total. The van der Waals surface area contributed by atoms with Crippen LogP contribution in [0.15, 0.2) is 28.8 Å². The largest absolute Gasteiger partial charge is 0.381 e. The monoisotopic (exact) mass is 259 g/mol. The molecule has 0 radical (unpaired) electrons. The highest BCUT2D eigenvalue weighted by Gasteiger charge is 2.26. The minimum Gasteiger partial charge on any atom is -0.381 e. The molecule has 0 fully saturated rings. The van der Waals surface area contributed by atoms with E-state index in [1.54, 1.807) is 7.11 Å². The Kier molecular flexibility index (Phi) is 3.21. The highest BCUT2D eigenvalue weighted by atomic mass is 16.5. The van der Waals surface area contributed by atoms with Gasteiger partial charge >= 0.3 is 0 Å². The molecule has 19 heavy (non-hydrogen) atoms. The number of para-hydroxylation sites is 1. The van der Waals surface area contributed by atoms with Gasteiger partial charge in [0.15, 0.2) is 5.82 Å². The summed E-state index contributed by atoms with van der Waals surface area (Å²) in [5.74, 6) is 1.34. The molecule has 2 atom stereocenters. The minimum atomic E-state index is 0.0801. The first kappa shape index (κ1) is 12.2. The van der Waals surface area contributed by atoms with E-state index in [1.165, 1.54) is 5.56 Å². The van der Waals surface area contributed by atoms with Crippen molar-refractivity contribution in [2.24, 2.45) is 0 Å². The molecule has 1 aromatic heterocycles. The lowest BCUT2D eigenvalue weighted by atomic mass is 10.1. The van der Waals surface area contributed by atoms with E-state index in [0.717, 1.165) is 12.1 Å². The van der Waals surface area contributed by atoms with Crippen molar-refractivity contribution in [1.82, 2.24) is 10.1 Å². The predicted octanol–water partition coefficient (Wildman–Crippen LogP) is 2.36. The van der Waals surface area contributed by atoms with Crippen LogP contribution in [0.4, 0.5) is 5.69 Å². The Labute approximate surface area is 112 Å². The summed E-state index contributed by atoms with van der Waals surface area (Å²) in [4.78, 5) is 4.44. The summed E-state index contributed by atoms with van der Waals surface area (Å²) < 4.78 is 10.5. The zero-order chi connectivity index (χ0) is 13.2. The second-order valence-electron chi connectivity index (χ2n) is 4.86. The van der Waals surface area contributed by atoms with Crippen LogP contribution in [0.25, 0.3) is 0 Å². The van der Waals surface area contributed by atoms with E-state index >= 15 is 0 Å². The Morgan fingerprint density at radius 2 is 2.32 bits per heavy atom. The zero-order valence-electron chi connectivity index (χ0n) is 11.1. The number of fused-ring (bicyclic) bond motifs is 1. The fourth-order valence-electron chi connectivity index (χ4n) is 2.28. The molecule has 1 unspecified atom stereocenters. The van der Waals surface area contributed by atoms with E-state index in [2.05, 4.69) is 27.6 Å². The molecule has 5 heteroatoms. The van der Waals surface area contributed by atoms with Crippen LogP contribution in [-0.4, -0.2) is 23.4 Å². The van der Waals surface area contributed by atoms with Gasteiger partial charge in [0, 0.05) is 25.6 Å². The second kappa shape index (κ2) is 5.01. The van der Waals surface area contributed by atoms with Crippen molar-refractivity contribution in [3.63, 3.8) is 0 Å². The molecular weight excluding hydrogens is 242 g/mol. The number of nitrogens with one attached hydrogen (secondary N) is 1. The van der Waals surface area contributed by atoms with Crippen LogP contribution in [0, 0.1) is 0 Å². The van der Waals surface area contributed by atoms with Crippen LogP contribution in [0.3, 0.4) is 0 Å². The van der Waals surface area contributed by atoms with Gasteiger partial charge in [-0.05, 0) is 18.6 Å². The molecule has 0 saturated carbocycles. The number of aromatic nitrogens is 2. The third kappa shape index (κ3) is 2.46. The van der Waals surface area contributed by atoms with Gasteiger partial charge in [0.1, 0.15) is 6.04 Å². The fourth-order valence-corrected chi connectivity index (χ4v) is 2.28. The number of ether oxygens (including phenoxy) is 1. The third-order valence-corrected chi connectivity index (χ3v) is 3.43. The van der Waals surface area contributed by atoms with Crippen molar-refractivity contribution in [1.29, 1.82) is 0 Å². The Balaban J connectivity index is 1.72. The van der Waals surface area contributed by atoms with E-state index < -0.39 is 0 Å². The Bertz CT molecular complexity index is 542. The summed E-state index contributed by atoms with van der Waals surface area (Å²) in [6.07, 6.45) is 1.65. The van der Waals surface area contributed by atoms with E-state index in [9.17, 15) is 0 Å². The lowest BCUT2D eigenvalue weighted by Crippen LogP contribution is -2.10. The summed E-state index contributed by atoms with van der Waals surface area (Å²) in [5, 5.41) is 7.41. The molecule has 5 nitrogen and oxygen atoms in total. The van der Waals surface area contributed by atoms with Crippen molar-refractivity contribution in [3.05, 3.63) is 41.5 Å². The highest BCUT2D eigenvalue weighted by molar-refractivity contribution is 5.56. The van der Waals surface area contributed by atoms with Crippen LogP contribution in [0.5, 0.6) is 0 Å². The Morgan fingerprint density at radius 3 is 3.11 bits per heavy atom. The minimum absolute atomic E-state index is 0.0801. The molecule has 1 aliphatic heterocycles. The summed E-state index contributed by atoms with van der Waals surface area (Å²) in [6, 6.07) is 8.33. The zero-order valence-corrected chi connectivity index (χ0v) is 11.1. The van der Waals surface area contributed by atoms with Crippen molar-refractivity contribution in [3.8, 4) is 0 Å². The molecule has 1 aliphatic rings. The van der Waals surface area contributed by atoms with E-state index in [-0.39, 0.29) is 12.1 Å². The molecule has 0 amide bonds. The van der Waals surface area contributed by atoms with E-state index in [4.69, 9.17) is 9.26 Å². The summed E-state index contributed by atoms with van der Waals surface area (Å²) in [6.45, 7) is 1.99. The maximum Gasteiger partial charge on any atom is 0.249 e. The Morgan fingerprint density at radius 1 is 1.47 bits per heavy atom. The molecule has 2 aromatic rings. The smallest absolute Gasteiger partial charge is 0.249 e. The number of anilines is 1. The average Bonchev–Trinajstić information content (AvgIpc) is 3.04. The van der Waals surface area contributed by atoms with Gasteiger partial charge in [-0.15, -0.1) is 0 Å². The number of hydrogen-bond acceptors (Lipinski definition) is 5. The maximum atomic E-state index is 5.35. The number of hydrogen-bond donors (Lipinski definition) is 1. The van der Waals surface area contributed by atoms with Gasteiger partial charge in [-0.3, -0.25) is 0 Å². The molecule has 0 saturated heterocycles.